The van der Waals surface area contributed by atoms with Crippen LogP contribution in [0, 0.1) is 24.7 Å². The summed E-state index contributed by atoms with van der Waals surface area (Å²) >= 11 is 1.71. The van der Waals surface area contributed by atoms with Gasteiger partial charge in [-0.05, 0) is 38.0 Å². The van der Waals surface area contributed by atoms with E-state index < -0.39 is 0 Å². The van der Waals surface area contributed by atoms with Crippen molar-refractivity contribution >= 4 is 17.2 Å². The second-order valence-corrected chi connectivity index (χ2v) is 6.72. The Labute approximate surface area is 106 Å². The molecule has 0 aromatic carbocycles. The highest BCUT2D eigenvalue weighted by molar-refractivity contribution is 7.11. The van der Waals surface area contributed by atoms with Gasteiger partial charge in [0.15, 0.2) is 0 Å². The van der Waals surface area contributed by atoms with Crippen LogP contribution in [0.3, 0.4) is 0 Å². The molecule has 0 spiro atoms. The summed E-state index contributed by atoms with van der Waals surface area (Å²) in [6.07, 6.45) is 5.41. The number of rotatable bonds is 4. The topological polar surface area (TPSA) is 42.0 Å². The van der Waals surface area contributed by atoms with Crippen molar-refractivity contribution in [2.24, 2.45) is 17.8 Å². The number of nitrogens with one attached hydrogen (secondary N) is 1. The van der Waals surface area contributed by atoms with E-state index in [1.807, 2.05) is 6.20 Å². The summed E-state index contributed by atoms with van der Waals surface area (Å²) in [5.74, 6) is 1.70. The fourth-order valence-corrected chi connectivity index (χ4v) is 3.19. The Hall–Kier alpha value is -0.900. The highest BCUT2D eigenvalue weighted by Gasteiger charge is 2.42. The molecule has 1 amide bonds. The SMILES string of the molecule is Cc1cnc([C@H](NC(=O)[C@@H]2C[C@H]2C)C2CC2)s1. The zero-order chi connectivity index (χ0) is 12.0. The molecule has 3 atom stereocenters. The fraction of sp³-hybridized carbons (Fsp3) is 0.692. The van der Waals surface area contributed by atoms with Gasteiger partial charge >= 0.3 is 0 Å². The van der Waals surface area contributed by atoms with Crippen LogP contribution in [-0.4, -0.2) is 10.9 Å². The van der Waals surface area contributed by atoms with Crippen LogP contribution < -0.4 is 5.32 Å². The fourth-order valence-electron chi connectivity index (χ4n) is 2.27. The van der Waals surface area contributed by atoms with E-state index in [2.05, 4.69) is 24.1 Å². The summed E-state index contributed by atoms with van der Waals surface area (Å²) in [4.78, 5) is 17.7. The molecule has 0 bridgehead atoms. The third-order valence-corrected chi connectivity index (χ3v) is 4.74. The largest absolute Gasteiger partial charge is 0.346 e. The van der Waals surface area contributed by atoms with Crippen molar-refractivity contribution < 1.29 is 4.79 Å². The van der Waals surface area contributed by atoms with E-state index >= 15 is 0 Å². The van der Waals surface area contributed by atoms with Gasteiger partial charge in [-0.25, -0.2) is 4.98 Å². The lowest BCUT2D eigenvalue weighted by atomic mass is 10.2. The number of aromatic nitrogens is 1. The number of aryl methyl sites for hydroxylation is 1. The molecule has 2 fully saturated rings. The summed E-state index contributed by atoms with van der Waals surface area (Å²) < 4.78 is 0. The van der Waals surface area contributed by atoms with Gasteiger partial charge in [-0.2, -0.15) is 0 Å². The average Bonchev–Trinajstić information content (AvgIpc) is 3.18. The van der Waals surface area contributed by atoms with Gasteiger partial charge in [0.05, 0.1) is 6.04 Å². The van der Waals surface area contributed by atoms with Crippen LogP contribution >= 0.6 is 11.3 Å². The number of amides is 1. The van der Waals surface area contributed by atoms with Crippen LogP contribution in [0.5, 0.6) is 0 Å². The van der Waals surface area contributed by atoms with Crippen molar-refractivity contribution in [2.45, 2.75) is 39.2 Å². The van der Waals surface area contributed by atoms with Crippen molar-refractivity contribution in [1.29, 1.82) is 0 Å². The highest BCUT2D eigenvalue weighted by Crippen LogP contribution is 2.44. The molecule has 92 valence electrons. The molecule has 3 rings (SSSR count). The van der Waals surface area contributed by atoms with E-state index in [-0.39, 0.29) is 17.9 Å². The molecule has 2 saturated carbocycles. The first-order chi connectivity index (χ1) is 8.15. The number of carbonyl (C=O) groups excluding carboxylic acids is 1. The van der Waals surface area contributed by atoms with E-state index in [4.69, 9.17) is 0 Å². The minimum Gasteiger partial charge on any atom is -0.346 e. The van der Waals surface area contributed by atoms with Crippen LogP contribution in [0.1, 0.15) is 42.1 Å². The van der Waals surface area contributed by atoms with Gasteiger partial charge in [-0.3, -0.25) is 4.79 Å². The van der Waals surface area contributed by atoms with E-state index in [0.717, 1.165) is 11.4 Å². The van der Waals surface area contributed by atoms with Gasteiger partial charge in [-0.15, -0.1) is 11.3 Å². The molecule has 4 heteroatoms. The average molecular weight is 250 g/mol. The number of thiazole rings is 1. The molecule has 1 heterocycles. The Morgan fingerprint density at radius 1 is 1.59 bits per heavy atom. The molecule has 0 unspecified atom stereocenters. The molecular weight excluding hydrogens is 232 g/mol. The van der Waals surface area contributed by atoms with Crippen molar-refractivity contribution in [2.75, 3.05) is 0 Å². The van der Waals surface area contributed by atoms with E-state index in [1.54, 1.807) is 11.3 Å². The Bertz CT molecular complexity index is 438. The molecule has 1 N–H and O–H groups in total. The zero-order valence-corrected chi connectivity index (χ0v) is 11.1. The molecular formula is C13H18N2OS. The third kappa shape index (κ3) is 2.37. The van der Waals surface area contributed by atoms with Gasteiger partial charge in [0.1, 0.15) is 5.01 Å². The molecule has 0 radical (unpaired) electrons. The predicted octanol–water partition coefficient (Wildman–Crippen LogP) is 2.67. The second kappa shape index (κ2) is 4.09. The quantitative estimate of drug-likeness (QED) is 0.892. The summed E-state index contributed by atoms with van der Waals surface area (Å²) in [5, 5.41) is 4.30. The molecule has 2 aliphatic carbocycles. The molecule has 2 aliphatic rings. The molecule has 0 saturated heterocycles. The van der Waals surface area contributed by atoms with Gasteiger partial charge in [0, 0.05) is 17.0 Å². The molecule has 17 heavy (non-hydrogen) atoms. The van der Waals surface area contributed by atoms with Crippen molar-refractivity contribution in [3.63, 3.8) is 0 Å². The predicted molar refractivity (Wildman–Crippen MR) is 67.7 cm³/mol. The Balaban J connectivity index is 1.70. The maximum Gasteiger partial charge on any atom is 0.223 e. The molecule has 1 aromatic rings. The van der Waals surface area contributed by atoms with Crippen LogP contribution in [0.2, 0.25) is 0 Å². The normalized spacial score (nSPS) is 28.8. The maximum absolute atomic E-state index is 12.0. The van der Waals surface area contributed by atoms with Crippen molar-refractivity contribution in [1.82, 2.24) is 10.3 Å². The first-order valence-electron chi connectivity index (χ1n) is 6.38. The second-order valence-electron chi connectivity index (χ2n) is 5.45. The lowest BCUT2D eigenvalue weighted by Gasteiger charge is -2.15. The summed E-state index contributed by atoms with van der Waals surface area (Å²) in [6, 6.07) is 0.175. The lowest BCUT2D eigenvalue weighted by Crippen LogP contribution is -2.31. The maximum atomic E-state index is 12.0. The minimum atomic E-state index is 0.175. The van der Waals surface area contributed by atoms with E-state index in [0.29, 0.717) is 11.8 Å². The monoisotopic (exact) mass is 250 g/mol. The number of hydrogen-bond donors (Lipinski definition) is 1. The molecule has 0 aliphatic heterocycles. The van der Waals surface area contributed by atoms with Gasteiger partial charge in [-0.1, -0.05) is 6.92 Å². The van der Waals surface area contributed by atoms with E-state index in [1.165, 1.54) is 17.7 Å². The van der Waals surface area contributed by atoms with Crippen molar-refractivity contribution in [3.8, 4) is 0 Å². The zero-order valence-electron chi connectivity index (χ0n) is 10.3. The molecule has 3 nitrogen and oxygen atoms in total. The summed E-state index contributed by atoms with van der Waals surface area (Å²) in [7, 11) is 0. The standard InChI is InChI=1S/C13H18N2OS/c1-7-5-10(7)12(16)15-11(9-3-4-9)13-14-6-8(2)17-13/h6-7,9-11H,3-5H2,1-2H3,(H,15,16)/t7-,10-,11-/m1/s1. The summed E-state index contributed by atoms with van der Waals surface area (Å²) in [6.45, 7) is 4.21. The smallest absolute Gasteiger partial charge is 0.223 e. The highest BCUT2D eigenvalue weighted by atomic mass is 32.1. The van der Waals surface area contributed by atoms with E-state index in [9.17, 15) is 4.79 Å². The third-order valence-electron chi connectivity index (χ3n) is 3.74. The first kappa shape index (κ1) is 11.2. The van der Waals surface area contributed by atoms with Crippen LogP contribution in [0.25, 0.3) is 0 Å². The van der Waals surface area contributed by atoms with Crippen LogP contribution in [0.15, 0.2) is 6.20 Å². The summed E-state index contributed by atoms with van der Waals surface area (Å²) in [5.41, 5.74) is 0. The Kier molecular flexibility index (Phi) is 2.69. The number of carbonyl (C=O) groups is 1. The number of nitrogens with zero attached hydrogens (tertiary/aromatic N) is 1. The Morgan fingerprint density at radius 3 is 2.76 bits per heavy atom. The first-order valence-corrected chi connectivity index (χ1v) is 7.19. The minimum absolute atomic E-state index is 0.175. The van der Waals surface area contributed by atoms with Crippen LogP contribution in [-0.2, 0) is 4.79 Å². The van der Waals surface area contributed by atoms with Crippen LogP contribution in [0.4, 0.5) is 0 Å². The Morgan fingerprint density at radius 2 is 2.29 bits per heavy atom. The van der Waals surface area contributed by atoms with Gasteiger partial charge < -0.3 is 5.32 Å². The van der Waals surface area contributed by atoms with Gasteiger partial charge in [0.2, 0.25) is 5.91 Å². The van der Waals surface area contributed by atoms with Gasteiger partial charge in [0.25, 0.3) is 0 Å². The number of hydrogen-bond acceptors (Lipinski definition) is 3. The lowest BCUT2D eigenvalue weighted by molar-refractivity contribution is -0.123. The van der Waals surface area contributed by atoms with Crippen molar-refractivity contribution in [3.05, 3.63) is 16.1 Å². The molecule has 1 aromatic heterocycles.